The summed E-state index contributed by atoms with van der Waals surface area (Å²) in [6.45, 7) is 5.77. The van der Waals surface area contributed by atoms with Crippen LogP contribution >= 0.6 is 0 Å². The first-order valence-corrected chi connectivity index (χ1v) is 6.09. The van der Waals surface area contributed by atoms with Crippen molar-refractivity contribution >= 4 is 22.5 Å². The van der Waals surface area contributed by atoms with E-state index in [-0.39, 0.29) is 11.4 Å². The molecule has 5 nitrogen and oxygen atoms in total. The number of fused-ring (bicyclic) bond motifs is 1. The van der Waals surface area contributed by atoms with Gasteiger partial charge >= 0.3 is 0 Å². The Morgan fingerprint density at radius 2 is 1.95 bits per heavy atom. The van der Waals surface area contributed by atoms with Crippen molar-refractivity contribution in [3.8, 4) is 0 Å². The number of pyridine rings is 1. The highest BCUT2D eigenvalue weighted by atomic mass is 16.2. The minimum Gasteiger partial charge on any atom is -0.346 e. The van der Waals surface area contributed by atoms with E-state index >= 15 is 0 Å². The Morgan fingerprint density at radius 3 is 2.58 bits per heavy atom. The molecule has 0 saturated heterocycles. The van der Waals surface area contributed by atoms with Gasteiger partial charge in [0.2, 0.25) is 0 Å². The smallest absolute Gasteiger partial charge is 0.270 e. The lowest BCUT2D eigenvalue weighted by atomic mass is 10.1. The second-order valence-corrected chi connectivity index (χ2v) is 5.43. The molecule has 1 heterocycles. The van der Waals surface area contributed by atoms with Crippen molar-refractivity contribution in [3.63, 3.8) is 0 Å². The van der Waals surface area contributed by atoms with E-state index in [1.807, 2.05) is 45.0 Å². The Morgan fingerprint density at radius 1 is 1.26 bits per heavy atom. The highest BCUT2D eigenvalue weighted by Crippen LogP contribution is 2.21. The van der Waals surface area contributed by atoms with Gasteiger partial charge in [-0.2, -0.15) is 0 Å². The number of nitrogens with zero attached hydrogens (tertiary/aromatic N) is 1. The zero-order chi connectivity index (χ0) is 14.0. The first kappa shape index (κ1) is 13.3. The predicted molar refractivity (Wildman–Crippen MR) is 76.8 cm³/mol. The van der Waals surface area contributed by atoms with Gasteiger partial charge in [-0.05, 0) is 32.2 Å². The third-order valence-electron chi connectivity index (χ3n) is 2.60. The Balaban J connectivity index is 2.47. The van der Waals surface area contributed by atoms with Gasteiger partial charge in [-0.15, -0.1) is 0 Å². The second kappa shape index (κ2) is 4.85. The van der Waals surface area contributed by atoms with Crippen LogP contribution < -0.4 is 16.6 Å². The first-order valence-electron chi connectivity index (χ1n) is 6.09. The molecular formula is C14H18N4O. The van der Waals surface area contributed by atoms with Crippen LogP contribution in [0.2, 0.25) is 0 Å². The lowest BCUT2D eigenvalue weighted by molar-refractivity contribution is 0.0914. The minimum atomic E-state index is -0.305. The van der Waals surface area contributed by atoms with Crippen LogP contribution in [0, 0.1) is 0 Å². The van der Waals surface area contributed by atoms with Gasteiger partial charge in [0.15, 0.2) is 0 Å². The summed E-state index contributed by atoms with van der Waals surface area (Å²) >= 11 is 0. The molecule has 0 aliphatic heterocycles. The van der Waals surface area contributed by atoms with Crippen molar-refractivity contribution in [1.82, 2.24) is 10.3 Å². The highest BCUT2D eigenvalue weighted by Gasteiger charge is 2.17. The molecule has 0 spiro atoms. The lowest BCUT2D eigenvalue weighted by Gasteiger charge is -2.20. The van der Waals surface area contributed by atoms with Gasteiger partial charge in [-0.25, -0.2) is 10.8 Å². The van der Waals surface area contributed by atoms with Crippen molar-refractivity contribution in [2.75, 3.05) is 5.43 Å². The monoisotopic (exact) mass is 258 g/mol. The van der Waals surface area contributed by atoms with Gasteiger partial charge in [0, 0.05) is 10.9 Å². The number of hydrazine groups is 1. The van der Waals surface area contributed by atoms with E-state index in [2.05, 4.69) is 15.7 Å². The quantitative estimate of drug-likeness (QED) is 0.569. The SMILES string of the molecule is CC(C)(C)NC(=O)c1cc2ccccc2c(NN)n1. The van der Waals surface area contributed by atoms with Crippen LogP contribution in [-0.2, 0) is 0 Å². The van der Waals surface area contributed by atoms with Crippen molar-refractivity contribution < 1.29 is 4.79 Å². The third kappa shape index (κ3) is 3.00. The van der Waals surface area contributed by atoms with Crippen LogP contribution in [0.4, 0.5) is 5.82 Å². The summed E-state index contributed by atoms with van der Waals surface area (Å²) in [4.78, 5) is 16.4. The molecule has 0 aliphatic carbocycles. The number of hydrogen-bond donors (Lipinski definition) is 3. The zero-order valence-electron chi connectivity index (χ0n) is 11.3. The van der Waals surface area contributed by atoms with Crippen LogP contribution in [0.5, 0.6) is 0 Å². The van der Waals surface area contributed by atoms with Crippen LogP contribution in [0.25, 0.3) is 10.8 Å². The molecule has 4 N–H and O–H groups in total. The highest BCUT2D eigenvalue weighted by molar-refractivity contribution is 6.00. The molecule has 5 heteroatoms. The van der Waals surface area contributed by atoms with Crippen LogP contribution in [0.15, 0.2) is 30.3 Å². The summed E-state index contributed by atoms with van der Waals surface area (Å²) < 4.78 is 0. The molecule has 0 unspecified atom stereocenters. The van der Waals surface area contributed by atoms with Gasteiger partial charge in [0.25, 0.3) is 5.91 Å². The standard InChI is InChI=1S/C14H18N4O/c1-14(2,3)17-13(19)11-8-9-6-4-5-7-10(9)12(16-11)18-15/h4-8H,15H2,1-3H3,(H,16,18)(H,17,19). The van der Waals surface area contributed by atoms with Gasteiger partial charge in [0.1, 0.15) is 11.5 Å². The largest absolute Gasteiger partial charge is 0.346 e. The molecule has 19 heavy (non-hydrogen) atoms. The molecule has 0 radical (unpaired) electrons. The summed E-state index contributed by atoms with van der Waals surface area (Å²) in [6, 6.07) is 9.40. The van der Waals surface area contributed by atoms with Crippen molar-refractivity contribution in [3.05, 3.63) is 36.0 Å². The number of nitrogen functional groups attached to an aromatic ring is 1. The minimum absolute atomic E-state index is 0.213. The fourth-order valence-electron chi connectivity index (χ4n) is 1.83. The van der Waals surface area contributed by atoms with Crippen LogP contribution in [-0.4, -0.2) is 16.4 Å². The molecule has 0 atom stereocenters. The third-order valence-corrected chi connectivity index (χ3v) is 2.60. The molecule has 1 aromatic carbocycles. The molecule has 1 aromatic heterocycles. The summed E-state index contributed by atoms with van der Waals surface area (Å²) in [6.07, 6.45) is 0. The maximum absolute atomic E-state index is 12.1. The fourth-order valence-corrected chi connectivity index (χ4v) is 1.83. The molecule has 0 bridgehead atoms. The van der Waals surface area contributed by atoms with Gasteiger partial charge in [-0.1, -0.05) is 24.3 Å². The van der Waals surface area contributed by atoms with Crippen LogP contribution in [0.3, 0.4) is 0 Å². The number of amides is 1. The Labute approximate surface area is 112 Å². The van der Waals surface area contributed by atoms with Gasteiger partial charge in [-0.3, -0.25) is 4.79 Å². The maximum Gasteiger partial charge on any atom is 0.270 e. The first-order chi connectivity index (χ1) is 8.90. The maximum atomic E-state index is 12.1. The van der Waals surface area contributed by atoms with E-state index in [0.717, 1.165) is 10.8 Å². The number of aromatic nitrogens is 1. The topological polar surface area (TPSA) is 80.0 Å². The summed E-state index contributed by atoms with van der Waals surface area (Å²) in [5.74, 6) is 5.75. The molecule has 2 aromatic rings. The molecule has 1 amide bonds. The van der Waals surface area contributed by atoms with Gasteiger partial charge in [0.05, 0.1) is 0 Å². The Hall–Kier alpha value is -2.14. The number of anilines is 1. The van der Waals surface area contributed by atoms with Crippen molar-refractivity contribution in [2.24, 2.45) is 5.84 Å². The number of carbonyl (C=O) groups excluding carboxylic acids is 1. The van der Waals surface area contributed by atoms with Crippen LogP contribution in [0.1, 0.15) is 31.3 Å². The number of nitrogens with one attached hydrogen (secondary N) is 2. The van der Waals surface area contributed by atoms with E-state index in [4.69, 9.17) is 5.84 Å². The van der Waals surface area contributed by atoms with E-state index in [1.54, 1.807) is 6.07 Å². The van der Waals surface area contributed by atoms with E-state index < -0.39 is 0 Å². The number of carbonyl (C=O) groups is 1. The van der Waals surface area contributed by atoms with E-state index in [1.165, 1.54) is 0 Å². The number of benzene rings is 1. The molecular weight excluding hydrogens is 240 g/mol. The predicted octanol–water partition coefficient (Wildman–Crippen LogP) is 2.05. The van der Waals surface area contributed by atoms with Crippen molar-refractivity contribution in [1.29, 1.82) is 0 Å². The molecule has 2 rings (SSSR count). The van der Waals surface area contributed by atoms with Crippen molar-refractivity contribution in [2.45, 2.75) is 26.3 Å². The Bertz CT molecular complexity index is 616. The normalized spacial score (nSPS) is 11.4. The summed E-state index contributed by atoms with van der Waals surface area (Å²) in [5, 5.41) is 4.69. The number of nitrogens with two attached hydrogens (primary N) is 1. The average molecular weight is 258 g/mol. The molecule has 0 fully saturated rings. The zero-order valence-corrected chi connectivity index (χ0v) is 11.3. The molecule has 100 valence electrons. The summed E-state index contributed by atoms with van der Waals surface area (Å²) in [5.41, 5.74) is 2.58. The second-order valence-electron chi connectivity index (χ2n) is 5.43. The average Bonchev–Trinajstić information content (AvgIpc) is 2.35. The number of rotatable bonds is 2. The molecule has 0 saturated carbocycles. The molecule has 0 aliphatic rings. The summed E-state index contributed by atoms with van der Waals surface area (Å²) in [7, 11) is 0. The van der Waals surface area contributed by atoms with Gasteiger partial charge < -0.3 is 10.7 Å². The Kier molecular flexibility index (Phi) is 3.40. The fraction of sp³-hybridized carbons (Fsp3) is 0.286. The van der Waals surface area contributed by atoms with E-state index in [0.29, 0.717) is 11.5 Å². The number of hydrogen-bond acceptors (Lipinski definition) is 4. The van der Waals surface area contributed by atoms with E-state index in [9.17, 15) is 4.79 Å². The lowest BCUT2D eigenvalue weighted by Crippen LogP contribution is -2.41.